The topological polar surface area (TPSA) is 85.7 Å². The molecule has 5 nitrogen and oxygen atoms in total. The Morgan fingerprint density at radius 3 is 2.63 bits per heavy atom. The van der Waals surface area contributed by atoms with Gasteiger partial charge in [-0.3, -0.25) is 0 Å². The number of nitrogens with two attached hydrogens (primary N) is 1. The Kier molecular flexibility index (Phi) is 6.21. The van der Waals surface area contributed by atoms with E-state index in [-0.39, 0.29) is 18.2 Å². The van der Waals surface area contributed by atoms with E-state index in [1.807, 2.05) is 49.4 Å². The third-order valence-electron chi connectivity index (χ3n) is 3.92. The maximum atomic E-state index is 12.1. The molecule has 0 aliphatic rings. The van der Waals surface area contributed by atoms with Gasteiger partial charge in [0.25, 0.3) is 0 Å². The summed E-state index contributed by atoms with van der Waals surface area (Å²) in [5.74, 6) is -0.178. The van der Waals surface area contributed by atoms with Crippen LogP contribution in [0.4, 0.5) is 0 Å². The van der Waals surface area contributed by atoms with Crippen molar-refractivity contribution >= 4 is 17.7 Å². The van der Waals surface area contributed by atoms with Crippen LogP contribution in [-0.2, 0) is 5.75 Å². The predicted molar refractivity (Wildman–Crippen MR) is 106 cm³/mol. The van der Waals surface area contributed by atoms with E-state index in [0.717, 1.165) is 10.5 Å². The van der Waals surface area contributed by atoms with E-state index < -0.39 is 5.97 Å². The van der Waals surface area contributed by atoms with Gasteiger partial charge in [0, 0.05) is 27.8 Å². The summed E-state index contributed by atoms with van der Waals surface area (Å²) in [6.45, 7) is 2.04. The molecule has 0 fully saturated rings. The second kappa shape index (κ2) is 8.79. The van der Waals surface area contributed by atoms with Crippen LogP contribution in [0, 0.1) is 0 Å². The van der Waals surface area contributed by atoms with Gasteiger partial charge in [-0.15, -0.1) is 11.8 Å². The van der Waals surface area contributed by atoms with Crippen molar-refractivity contribution in [2.45, 2.75) is 23.6 Å². The first-order valence-electron chi connectivity index (χ1n) is 8.54. The molecule has 0 saturated heterocycles. The van der Waals surface area contributed by atoms with Gasteiger partial charge in [-0.1, -0.05) is 30.3 Å². The highest BCUT2D eigenvalue weighted by molar-refractivity contribution is 7.98. The van der Waals surface area contributed by atoms with Crippen LogP contribution in [0.2, 0.25) is 0 Å². The molecule has 3 rings (SSSR count). The maximum absolute atomic E-state index is 12.1. The number of aromatic carboxylic acids is 1. The fourth-order valence-corrected chi connectivity index (χ4v) is 3.58. The van der Waals surface area contributed by atoms with Crippen molar-refractivity contribution in [2.75, 3.05) is 6.61 Å². The van der Waals surface area contributed by atoms with E-state index in [9.17, 15) is 9.90 Å². The van der Waals surface area contributed by atoms with Gasteiger partial charge in [-0.2, -0.15) is 0 Å². The molecule has 0 saturated carbocycles. The summed E-state index contributed by atoms with van der Waals surface area (Å²) in [4.78, 5) is 13.2. The van der Waals surface area contributed by atoms with Gasteiger partial charge >= 0.3 is 5.97 Å². The molecule has 3 N–H and O–H groups in total. The molecule has 1 atom stereocenters. The first kappa shape index (κ1) is 19.1. The van der Waals surface area contributed by atoms with Crippen molar-refractivity contribution in [3.05, 3.63) is 72.2 Å². The van der Waals surface area contributed by atoms with E-state index in [1.165, 1.54) is 0 Å². The predicted octanol–water partition coefficient (Wildman–Crippen LogP) is 4.66. The molecule has 6 heteroatoms. The first-order valence-corrected chi connectivity index (χ1v) is 9.52. The van der Waals surface area contributed by atoms with Gasteiger partial charge in [0.1, 0.15) is 17.9 Å². The van der Waals surface area contributed by atoms with Crippen LogP contribution in [-0.4, -0.2) is 23.7 Å². The minimum Gasteiger partial charge on any atom is -0.490 e. The van der Waals surface area contributed by atoms with Crippen LogP contribution >= 0.6 is 11.8 Å². The zero-order chi connectivity index (χ0) is 19.2. The average molecular weight is 383 g/mol. The van der Waals surface area contributed by atoms with Crippen molar-refractivity contribution in [3.8, 4) is 16.9 Å². The molecule has 27 heavy (non-hydrogen) atoms. The molecule has 2 aromatic carbocycles. The Bertz CT molecular complexity index is 892. The molecular weight excluding hydrogens is 362 g/mol. The van der Waals surface area contributed by atoms with E-state index in [2.05, 4.69) is 0 Å². The highest BCUT2D eigenvalue weighted by Gasteiger charge is 2.22. The number of rotatable bonds is 8. The summed E-state index contributed by atoms with van der Waals surface area (Å²) in [6.07, 6.45) is 3.11. The van der Waals surface area contributed by atoms with Crippen LogP contribution in [0.25, 0.3) is 11.1 Å². The van der Waals surface area contributed by atoms with E-state index in [0.29, 0.717) is 22.6 Å². The van der Waals surface area contributed by atoms with Gasteiger partial charge in [0.05, 0.1) is 12.5 Å². The van der Waals surface area contributed by atoms with Crippen LogP contribution in [0.3, 0.4) is 0 Å². The fourth-order valence-electron chi connectivity index (χ4n) is 2.67. The lowest BCUT2D eigenvalue weighted by Crippen LogP contribution is -2.24. The lowest BCUT2D eigenvalue weighted by molar-refractivity contribution is 0.0691. The van der Waals surface area contributed by atoms with Gasteiger partial charge in [-0.25, -0.2) is 4.79 Å². The molecular formula is C21H21NO4S. The molecule has 0 spiro atoms. The Morgan fingerprint density at radius 1 is 1.22 bits per heavy atom. The number of ether oxygens (including phenoxy) is 1. The van der Waals surface area contributed by atoms with Crippen LogP contribution in [0.1, 0.15) is 22.8 Å². The monoisotopic (exact) mass is 383 g/mol. The maximum Gasteiger partial charge on any atom is 0.339 e. The average Bonchev–Trinajstić information content (AvgIpc) is 3.19. The summed E-state index contributed by atoms with van der Waals surface area (Å²) < 4.78 is 11.0. The lowest BCUT2D eigenvalue weighted by atomic mass is 9.99. The Balaban J connectivity index is 2.00. The van der Waals surface area contributed by atoms with Crippen molar-refractivity contribution in [1.82, 2.24) is 0 Å². The number of carboxylic acids is 1. The SMILES string of the molecule is CC(N)COc1c(-c2ccoc2)ccc(CSc2ccccc2)c1C(=O)O. The Hall–Kier alpha value is -2.70. The Morgan fingerprint density at radius 2 is 2.00 bits per heavy atom. The molecule has 1 aromatic heterocycles. The third kappa shape index (κ3) is 4.72. The second-order valence-electron chi connectivity index (χ2n) is 6.18. The molecule has 0 aliphatic heterocycles. The highest BCUT2D eigenvalue weighted by atomic mass is 32.2. The van der Waals surface area contributed by atoms with Gasteiger partial charge in [0.15, 0.2) is 0 Å². The van der Waals surface area contributed by atoms with Crippen molar-refractivity contribution in [1.29, 1.82) is 0 Å². The van der Waals surface area contributed by atoms with Gasteiger partial charge < -0.3 is 20.0 Å². The number of hydrogen-bond donors (Lipinski definition) is 2. The third-order valence-corrected chi connectivity index (χ3v) is 4.98. The number of thioether (sulfide) groups is 1. The summed E-state index contributed by atoms with van der Waals surface area (Å²) in [6, 6.07) is 15.1. The minimum atomic E-state index is -1.02. The molecule has 0 aliphatic carbocycles. The molecule has 1 unspecified atom stereocenters. The van der Waals surface area contributed by atoms with Gasteiger partial charge in [0.2, 0.25) is 0 Å². The molecule has 1 heterocycles. The number of furan rings is 1. The summed E-state index contributed by atoms with van der Waals surface area (Å²) in [7, 11) is 0. The molecule has 0 amide bonds. The molecule has 3 aromatic rings. The summed E-state index contributed by atoms with van der Waals surface area (Å²) >= 11 is 1.58. The Labute approximate surface area is 162 Å². The van der Waals surface area contributed by atoms with Crippen LogP contribution in [0.5, 0.6) is 5.75 Å². The van der Waals surface area contributed by atoms with Crippen molar-refractivity contribution in [2.24, 2.45) is 5.73 Å². The van der Waals surface area contributed by atoms with E-state index >= 15 is 0 Å². The quantitative estimate of drug-likeness (QED) is 0.550. The zero-order valence-electron chi connectivity index (χ0n) is 14.9. The van der Waals surface area contributed by atoms with Crippen molar-refractivity contribution < 1.29 is 19.1 Å². The number of carboxylic acid groups (broad SMARTS) is 1. The smallest absolute Gasteiger partial charge is 0.339 e. The van der Waals surface area contributed by atoms with Crippen molar-refractivity contribution in [3.63, 3.8) is 0 Å². The molecule has 140 valence electrons. The number of benzene rings is 2. The summed E-state index contributed by atoms with van der Waals surface area (Å²) in [5.41, 5.74) is 8.11. The fraction of sp³-hybridized carbons (Fsp3) is 0.190. The highest BCUT2D eigenvalue weighted by Crippen LogP contribution is 2.37. The minimum absolute atomic E-state index is 0.165. The number of hydrogen-bond acceptors (Lipinski definition) is 5. The summed E-state index contributed by atoms with van der Waals surface area (Å²) in [5, 5.41) is 9.89. The standard InChI is InChI=1S/C21H21NO4S/c1-14(22)11-26-20-18(15-9-10-25-12-15)8-7-16(19(20)21(23)24)13-27-17-5-3-2-4-6-17/h2-10,12,14H,11,13,22H2,1H3,(H,23,24). The van der Waals surface area contributed by atoms with E-state index in [4.69, 9.17) is 14.9 Å². The molecule has 0 radical (unpaired) electrons. The lowest BCUT2D eigenvalue weighted by Gasteiger charge is -2.18. The van der Waals surface area contributed by atoms with Crippen LogP contribution < -0.4 is 10.5 Å². The largest absolute Gasteiger partial charge is 0.490 e. The van der Waals surface area contributed by atoms with Gasteiger partial charge in [-0.05, 0) is 30.7 Å². The van der Waals surface area contributed by atoms with E-state index in [1.54, 1.807) is 30.4 Å². The zero-order valence-corrected chi connectivity index (χ0v) is 15.7. The van der Waals surface area contributed by atoms with Crippen LogP contribution in [0.15, 0.2) is 70.4 Å². The second-order valence-corrected chi connectivity index (χ2v) is 7.23. The normalized spacial score (nSPS) is 11.9. The number of carbonyl (C=O) groups is 1. The molecule has 0 bridgehead atoms. The first-order chi connectivity index (χ1) is 13.1.